The molecular weight excluding hydrogens is 304 g/mol. The van der Waals surface area contributed by atoms with Gasteiger partial charge in [0, 0.05) is 36.7 Å². The zero-order valence-electron chi connectivity index (χ0n) is 11.9. The number of rotatable bonds is 5. The van der Waals surface area contributed by atoms with Crippen molar-refractivity contribution in [3.05, 3.63) is 40.5 Å². The number of methoxy groups -OCH3 is 1. The van der Waals surface area contributed by atoms with E-state index in [2.05, 4.69) is 5.32 Å². The summed E-state index contributed by atoms with van der Waals surface area (Å²) in [5.74, 6) is 2.12. The molecule has 2 aromatic heterocycles. The molecule has 21 heavy (non-hydrogen) atoms. The first-order valence-corrected chi connectivity index (χ1v) is 8.91. The maximum Gasteiger partial charge on any atom is 0.254 e. The van der Waals surface area contributed by atoms with Crippen LogP contribution >= 0.6 is 23.1 Å². The van der Waals surface area contributed by atoms with E-state index in [0.29, 0.717) is 13.2 Å². The van der Waals surface area contributed by atoms with Crippen LogP contribution in [0.4, 0.5) is 0 Å². The molecule has 0 radical (unpaired) electrons. The number of hydrogen-bond acceptors (Lipinski definition) is 4. The van der Waals surface area contributed by atoms with E-state index in [9.17, 15) is 4.79 Å². The highest BCUT2D eigenvalue weighted by atomic mass is 32.2. The van der Waals surface area contributed by atoms with Gasteiger partial charge in [-0.3, -0.25) is 4.79 Å². The van der Waals surface area contributed by atoms with Crippen LogP contribution in [-0.2, 0) is 16.9 Å². The summed E-state index contributed by atoms with van der Waals surface area (Å²) in [7, 11) is 1.64. The number of nitrogens with one attached hydrogen (secondary N) is 1. The van der Waals surface area contributed by atoms with E-state index >= 15 is 0 Å². The molecule has 0 atom stereocenters. The van der Waals surface area contributed by atoms with E-state index in [1.54, 1.807) is 18.4 Å². The average molecular weight is 322 g/mol. The topological polar surface area (TPSA) is 43.3 Å². The van der Waals surface area contributed by atoms with E-state index in [4.69, 9.17) is 4.74 Å². The second-order valence-electron chi connectivity index (χ2n) is 4.83. The molecule has 1 aliphatic rings. The van der Waals surface area contributed by atoms with Crippen molar-refractivity contribution in [2.45, 2.75) is 12.2 Å². The summed E-state index contributed by atoms with van der Waals surface area (Å²) in [6.45, 7) is 1.08. The number of amides is 1. The molecule has 3 heterocycles. The minimum atomic E-state index is 0.0140. The van der Waals surface area contributed by atoms with Crippen molar-refractivity contribution >= 4 is 29.0 Å². The third kappa shape index (κ3) is 3.02. The van der Waals surface area contributed by atoms with Gasteiger partial charge in [-0.2, -0.15) is 11.8 Å². The Morgan fingerprint density at radius 3 is 3.00 bits per heavy atom. The number of fused-ring (bicyclic) bond motifs is 1. The van der Waals surface area contributed by atoms with Crippen LogP contribution in [0.25, 0.3) is 5.00 Å². The summed E-state index contributed by atoms with van der Waals surface area (Å²) in [5.41, 5.74) is 2.08. The largest absolute Gasteiger partial charge is 0.383 e. The Kier molecular flexibility index (Phi) is 4.67. The van der Waals surface area contributed by atoms with Crippen LogP contribution in [-0.4, -0.2) is 36.5 Å². The quantitative estimate of drug-likeness (QED) is 0.861. The molecule has 6 heteroatoms. The molecule has 0 spiro atoms. The van der Waals surface area contributed by atoms with E-state index < -0.39 is 0 Å². The molecule has 1 amide bonds. The van der Waals surface area contributed by atoms with Gasteiger partial charge in [-0.25, -0.2) is 0 Å². The van der Waals surface area contributed by atoms with Crippen molar-refractivity contribution in [1.29, 1.82) is 0 Å². The van der Waals surface area contributed by atoms with Gasteiger partial charge in [0.05, 0.1) is 12.2 Å². The lowest BCUT2D eigenvalue weighted by molar-refractivity contribution is 0.0936. The fourth-order valence-corrected chi connectivity index (χ4v) is 4.90. The van der Waals surface area contributed by atoms with Crippen molar-refractivity contribution in [2.75, 3.05) is 26.0 Å². The monoisotopic (exact) mass is 322 g/mol. The van der Waals surface area contributed by atoms with Crippen LogP contribution in [0.15, 0.2) is 24.5 Å². The van der Waals surface area contributed by atoms with Crippen LogP contribution in [0.1, 0.15) is 20.8 Å². The lowest BCUT2D eigenvalue weighted by Crippen LogP contribution is -2.28. The molecule has 0 bridgehead atoms. The van der Waals surface area contributed by atoms with Crippen molar-refractivity contribution in [3.8, 4) is 5.00 Å². The van der Waals surface area contributed by atoms with Gasteiger partial charge in [-0.1, -0.05) is 0 Å². The lowest BCUT2D eigenvalue weighted by atomic mass is 10.1. The van der Waals surface area contributed by atoms with Crippen LogP contribution < -0.4 is 5.32 Å². The predicted octanol–water partition coefficient (Wildman–Crippen LogP) is 2.70. The van der Waals surface area contributed by atoms with E-state index in [-0.39, 0.29) is 5.91 Å². The van der Waals surface area contributed by atoms with Crippen LogP contribution in [0.2, 0.25) is 0 Å². The molecular formula is C15H18N2O2S2. The number of carbonyl (C=O) groups excluding carboxylic acids is 1. The highest BCUT2D eigenvalue weighted by molar-refractivity contribution is 7.98. The van der Waals surface area contributed by atoms with Crippen LogP contribution in [0.5, 0.6) is 0 Å². The average Bonchev–Trinajstić information content (AvgIpc) is 3.14. The minimum Gasteiger partial charge on any atom is -0.383 e. The molecule has 0 aromatic carbocycles. The molecule has 3 rings (SSSR count). The summed E-state index contributed by atoms with van der Waals surface area (Å²) in [6, 6.07) is 3.97. The Bertz CT molecular complexity index is 620. The smallest absolute Gasteiger partial charge is 0.254 e. The third-order valence-corrected chi connectivity index (χ3v) is 5.87. The number of carbonyl (C=O) groups is 1. The lowest BCUT2D eigenvalue weighted by Gasteiger charge is -2.13. The molecule has 4 nitrogen and oxygen atoms in total. The first kappa shape index (κ1) is 14.7. The van der Waals surface area contributed by atoms with Gasteiger partial charge in [0.2, 0.25) is 0 Å². The number of aromatic nitrogens is 1. The second kappa shape index (κ2) is 6.68. The molecule has 2 aromatic rings. The Morgan fingerprint density at radius 2 is 2.24 bits per heavy atom. The van der Waals surface area contributed by atoms with Gasteiger partial charge >= 0.3 is 0 Å². The number of thioether (sulfide) groups is 1. The zero-order chi connectivity index (χ0) is 14.7. The molecule has 0 aliphatic carbocycles. The van der Waals surface area contributed by atoms with Gasteiger partial charge < -0.3 is 14.6 Å². The summed E-state index contributed by atoms with van der Waals surface area (Å²) in [5, 5.41) is 3.99. The number of hydrogen-bond donors (Lipinski definition) is 1. The van der Waals surface area contributed by atoms with E-state index in [1.165, 1.54) is 10.4 Å². The van der Waals surface area contributed by atoms with Crippen LogP contribution in [0, 0.1) is 0 Å². The van der Waals surface area contributed by atoms with Crippen molar-refractivity contribution < 1.29 is 9.53 Å². The number of thiophene rings is 1. The van der Waals surface area contributed by atoms with Gasteiger partial charge in [-0.05, 0) is 29.9 Å². The highest BCUT2D eigenvalue weighted by Gasteiger charge is 2.26. The Hall–Kier alpha value is -1.24. The highest BCUT2D eigenvalue weighted by Crippen LogP contribution is 2.38. The van der Waals surface area contributed by atoms with Crippen molar-refractivity contribution in [1.82, 2.24) is 9.88 Å². The van der Waals surface area contributed by atoms with Gasteiger partial charge in [0.1, 0.15) is 5.00 Å². The maximum atomic E-state index is 12.6. The number of ether oxygens (including phenoxy) is 1. The van der Waals surface area contributed by atoms with Gasteiger partial charge in [0.25, 0.3) is 5.91 Å². The SMILES string of the molecule is COCCNC(=O)c1c(-n2cccc2)sc2c1CCSC2. The Morgan fingerprint density at radius 1 is 1.43 bits per heavy atom. The van der Waals surface area contributed by atoms with Crippen molar-refractivity contribution in [2.24, 2.45) is 0 Å². The first-order valence-electron chi connectivity index (χ1n) is 6.94. The van der Waals surface area contributed by atoms with Gasteiger partial charge in [-0.15, -0.1) is 11.3 Å². The molecule has 0 unspecified atom stereocenters. The standard InChI is InChI=1S/C15H18N2O2S2/c1-19-8-5-16-14(18)13-11-4-9-20-10-12(11)21-15(13)17-6-2-3-7-17/h2-3,6-7H,4-5,8-10H2,1H3,(H,16,18). The Labute approximate surface area is 132 Å². The fraction of sp³-hybridized carbons (Fsp3) is 0.400. The Balaban J connectivity index is 1.96. The minimum absolute atomic E-state index is 0.0140. The number of nitrogens with zero attached hydrogens (tertiary/aromatic N) is 1. The predicted molar refractivity (Wildman–Crippen MR) is 87.7 cm³/mol. The molecule has 0 fully saturated rings. The zero-order valence-corrected chi connectivity index (χ0v) is 13.6. The second-order valence-corrected chi connectivity index (χ2v) is 7.01. The molecule has 1 N–H and O–H groups in total. The summed E-state index contributed by atoms with van der Waals surface area (Å²) >= 11 is 3.68. The van der Waals surface area contributed by atoms with Crippen LogP contribution in [0.3, 0.4) is 0 Å². The summed E-state index contributed by atoms with van der Waals surface area (Å²) < 4.78 is 7.04. The normalized spacial score (nSPS) is 14.0. The van der Waals surface area contributed by atoms with E-state index in [0.717, 1.165) is 28.5 Å². The molecule has 0 saturated heterocycles. The first-order chi connectivity index (χ1) is 10.3. The van der Waals surface area contributed by atoms with Gasteiger partial charge in [0.15, 0.2) is 0 Å². The van der Waals surface area contributed by atoms with E-state index in [1.807, 2.05) is 40.9 Å². The molecule has 1 aliphatic heterocycles. The molecule has 0 saturated carbocycles. The van der Waals surface area contributed by atoms with Crippen molar-refractivity contribution in [3.63, 3.8) is 0 Å². The maximum absolute atomic E-state index is 12.6. The fourth-order valence-electron chi connectivity index (χ4n) is 2.46. The molecule has 112 valence electrons. The summed E-state index contributed by atoms with van der Waals surface area (Å²) in [4.78, 5) is 13.9. The summed E-state index contributed by atoms with van der Waals surface area (Å²) in [6.07, 6.45) is 4.97. The third-order valence-electron chi connectivity index (χ3n) is 3.46.